The van der Waals surface area contributed by atoms with Gasteiger partial charge in [-0.25, -0.2) is 0 Å². The van der Waals surface area contributed by atoms with E-state index in [4.69, 9.17) is 9.47 Å². The monoisotopic (exact) mass is 362 g/mol. The minimum Gasteiger partial charge on any atom is -0.467 e. The van der Waals surface area contributed by atoms with Crippen molar-refractivity contribution in [2.45, 2.75) is 37.9 Å². The molecule has 2 aromatic rings. The van der Waals surface area contributed by atoms with Crippen LogP contribution in [0.3, 0.4) is 0 Å². The Hall–Kier alpha value is -1.91. The number of ether oxygens (including phenoxy) is 2. The summed E-state index contributed by atoms with van der Waals surface area (Å²) in [5.74, 6) is 2.23. The molecule has 0 spiro atoms. The van der Waals surface area contributed by atoms with Gasteiger partial charge in [-0.05, 0) is 34.7 Å². The van der Waals surface area contributed by atoms with Crippen LogP contribution in [0.4, 0.5) is 0 Å². The van der Waals surface area contributed by atoms with Crippen LogP contribution in [0.5, 0.6) is 11.5 Å². The van der Waals surface area contributed by atoms with E-state index in [9.17, 15) is 0 Å². The van der Waals surface area contributed by atoms with Crippen molar-refractivity contribution in [1.82, 2.24) is 10.2 Å². The smallest absolute Gasteiger partial charge is 0.197 e. The fraction of sp³-hybridized carbons (Fsp3) is 0.429. The largest absolute Gasteiger partial charge is 0.467 e. The number of rotatable bonds is 4. The Labute approximate surface area is 164 Å². The second-order valence-corrected chi connectivity index (χ2v) is 8.41. The Morgan fingerprint density at radius 3 is 2.74 bits per heavy atom. The van der Waals surface area contributed by atoms with Crippen LogP contribution >= 0.6 is 0 Å². The van der Waals surface area contributed by atoms with E-state index in [-0.39, 0.29) is 0 Å². The molecule has 0 radical (unpaired) electrons. The Kier molecular flexibility index (Phi) is 4.95. The van der Waals surface area contributed by atoms with Crippen LogP contribution in [0.2, 0.25) is 0 Å². The van der Waals surface area contributed by atoms with Gasteiger partial charge >= 0.3 is 0 Å². The molecule has 2 aromatic carbocycles. The summed E-state index contributed by atoms with van der Waals surface area (Å²) in [4.78, 5) is 2.53. The topological polar surface area (TPSA) is 33.7 Å². The maximum atomic E-state index is 5.90. The van der Waals surface area contributed by atoms with Crippen molar-refractivity contribution in [1.29, 1.82) is 0 Å². The highest BCUT2D eigenvalue weighted by molar-refractivity contribution is 6.38. The van der Waals surface area contributed by atoms with Crippen molar-refractivity contribution in [3.05, 3.63) is 59.2 Å². The number of benzene rings is 2. The molecule has 2 heterocycles. The molecule has 1 atom stereocenters. The first kappa shape index (κ1) is 18.5. The number of piperazine rings is 1. The van der Waals surface area contributed by atoms with E-state index >= 15 is 0 Å². The molecule has 2 aliphatic heterocycles. The van der Waals surface area contributed by atoms with Gasteiger partial charge in [-0.2, -0.15) is 0 Å². The molecule has 140 valence electrons. The van der Waals surface area contributed by atoms with Crippen LogP contribution in [0.25, 0.3) is 0 Å². The highest BCUT2D eigenvalue weighted by atomic mass is 16.7. The van der Waals surface area contributed by atoms with Gasteiger partial charge in [0.2, 0.25) is 0 Å². The molecule has 0 amide bonds. The third kappa shape index (κ3) is 4.02. The average Bonchev–Trinajstić information content (AvgIpc) is 2.95. The second-order valence-electron chi connectivity index (χ2n) is 8.41. The molecular weight excluding hydrogens is 334 g/mol. The SMILES string of the molecule is BC1(B)Oc2ccc(CN3CCNC(c4ccccc4C(C)C)C3)cc2O1. The Morgan fingerprint density at radius 2 is 1.93 bits per heavy atom. The third-order valence-corrected chi connectivity index (χ3v) is 5.38. The summed E-state index contributed by atoms with van der Waals surface area (Å²) < 4.78 is 11.7. The summed E-state index contributed by atoms with van der Waals surface area (Å²) in [6.45, 7) is 8.55. The van der Waals surface area contributed by atoms with Crippen molar-refractivity contribution < 1.29 is 9.47 Å². The molecule has 1 saturated heterocycles. The zero-order valence-corrected chi connectivity index (χ0v) is 16.8. The molecular formula is C21H28B2N2O2. The van der Waals surface area contributed by atoms with Crippen molar-refractivity contribution >= 4 is 15.7 Å². The van der Waals surface area contributed by atoms with Gasteiger partial charge in [0.05, 0.1) is 0 Å². The number of hydrogen-bond acceptors (Lipinski definition) is 4. The van der Waals surface area contributed by atoms with Gasteiger partial charge < -0.3 is 14.8 Å². The first-order valence-electron chi connectivity index (χ1n) is 9.97. The average molecular weight is 362 g/mol. The lowest BCUT2D eigenvalue weighted by Gasteiger charge is -2.35. The number of nitrogens with one attached hydrogen (secondary N) is 1. The third-order valence-electron chi connectivity index (χ3n) is 5.38. The van der Waals surface area contributed by atoms with Crippen LogP contribution in [0.1, 0.15) is 42.5 Å². The fourth-order valence-corrected chi connectivity index (χ4v) is 4.14. The van der Waals surface area contributed by atoms with Crippen molar-refractivity contribution in [3.8, 4) is 11.5 Å². The van der Waals surface area contributed by atoms with Crippen molar-refractivity contribution in [3.63, 3.8) is 0 Å². The number of hydrogen-bond donors (Lipinski definition) is 1. The van der Waals surface area contributed by atoms with E-state index in [1.807, 2.05) is 21.8 Å². The van der Waals surface area contributed by atoms with Gasteiger partial charge in [-0.3, -0.25) is 4.90 Å². The minimum absolute atomic E-state index is 0.380. The molecule has 27 heavy (non-hydrogen) atoms. The van der Waals surface area contributed by atoms with E-state index in [1.54, 1.807) is 0 Å². The van der Waals surface area contributed by atoms with E-state index in [2.05, 4.69) is 60.5 Å². The highest BCUT2D eigenvalue weighted by Crippen LogP contribution is 2.38. The molecule has 2 aliphatic rings. The molecule has 0 aromatic heterocycles. The van der Waals surface area contributed by atoms with Gasteiger partial charge in [-0.15, -0.1) is 0 Å². The Balaban J connectivity index is 1.47. The first-order valence-corrected chi connectivity index (χ1v) is 9.97. The Bertz CT molecular complexity index is 826. The summed E-state index contributed by atoms with van der Waals surface area (Å²) in [6, 6.07) is 15.5. The summed E-state index contributed by atoms with van der Waals surface area (Å²) in [7, 11) is 3.89. The first-order chi connectivity index (χ1) is 12.9. The quantitative estimate of drug-likeness (QED) is 0.839. The van der Waals surface area contributed by atoms with Gasteiger partial charge in [0.15, 0.2) is 32.8 Å². The molecule has 0 bridgehead atoms. The van der Waals surface area contributed by atoms with E-state index in [0.29, 0.717) is 12.0 Å². The van der Waals surface area contributed by atoms with Crippen LogP contribution in [-0.2, 0) is 6.54 Å². The maximum absolute atomic E-state index is 5.90. The molecule has 1 N–H and O–H groups in total. The van der Waals surface area contributed by atoms with E-state index < -0.39 is 5.59 Å². The minimum atomic E-state index is -0.568. The lowest BCUT2D eigenvalue weighted by atomic mass is 9.76. The fourth-order valence-electron chi connectivity index (χ4n) is 4.14. The molecule has 4 rings (SSSR count). The van der Waals surface area contributed by atoms with Crippen LogP contribution in [0, 0.1) is 0 Å². The van der Waals surface area contributed by atoms with Crippen LogP contribution < -0.4 is 14.8 Å². The maximum Gasteiger partial charge on any atom is 0.197 e. The molecule has 0 aliphatic carbocycles. The van der Waals surface area contributed by atoms with E-state index in [1.165, 1.54) is 16.7 Å². The number of nitrogens with zero attached hydrogens (tertiary/aromatic N) is 1. The van der Waals surface area contributed by atoms with Gasteiger partial charge in [-0.1, -0.05) is 44.2 Å². The van der Waals surface area contributed by atoms with Crippen LogP contribution in [-0.4, -0.2) is 45.8 Å². The summed E-state index contributed by atoms with van der Waals surface area (Å²) in [6.07, 6.45) is 0. The van der Waals surface area contributed by atoms with Crippen molar-refractivity contribution in [2.24, 2.45) is 0 Å². The molecule has 1 unspecified atom stereocenters. The summed E-state index contributed by atoms with van der Waals surface area (Å²) >= 11 is 0. The summed E-state index contributed by atoms with van der Waals surface area (Å²) in [5.41, 5.74) is 3.58. The van der Waals surface area contributed by atoms with Gasteiger partial charge in [0.1, 0.15) is 0 Å². The number of fused-ring (bicyclic) bond motifs is 1. The predicted octanol–water partition coefficient (Wildman–Crippen LogP) is 1.61. The Morgan fingerprint density at radius 1 is 1.15 bits per heavy atom. The highest BCUT2D eigenvalue weighted by Gasteiger charge is 2.31. The predicted molar refractivity (Wildman–Crippen MR) is 114 cm³/mol. The normalized spacial score (nSPS) is 21.5. The van der Waals surface area contributed by atoms with Crippen molar-refractivity contribution in [2.75, 3.05) is 19.6 Å². The molecule has 6 heteroatoms. The van der Waals surface area contributed by atoms with Crippen LogP contribution in [0.15, 0.2) is 42.5 Å². The standard InChI is InChI=1S/C21H28B2N2O2/c1-14(2)16-5-3-4-6-17(16)18-13-25(10-9-24-18)12-15-7-8-19-20(11-15)27-21(22,23)26-19/h3-8,11,14,18,24H,9-10,12-13,22-23H2,1-2H3. The van der Waals surface area contributed by atoms with E-state index in [0.717, 1.165) is 37.7 Å². The lowest BCUT2D eigenvalue weighted by Crippen LogP contribution is -2.45. The molecule has 4 nitrogen and oxygen atoms in total. The van der Waals surface area contributed by atoms with Gasteiger partial charge in [0.25, 0.3) is 0 Å². The zero-order chi connectivity index (χ0) is 19.0. The zero-order valence-electron chi connectivity index (χ0n) is 16.8. The second kappa shape index (κ2) is 7.25. The van der Waals surface area contributed by atoms with Gasteiger partial charge in [0, 0.05) is 32.2 Å². The summed E-state index contributed by atoms with van der Waals surface area (Å²) in [5, 5.41) is 3.71. The lowest BCUT2D eigenvalue weighted by molar-refractivity contribution is 0.0833. The molecule has 0 saturated carbocycles. The molecule has 1 fully saturated rings.